The van der Waals surface area contributed by atoms with Crippen LogP contribution in [0.5, 0.6) is 5.75 Å². The summed E-state index contributed by atoms with van der Waals surface area (Å²) in [5.74, 6) is 1.84. The Morgan fingerprint density at radius 1 is 1.06 bits per heavy atom. The van der Waals surface area contributed by atoms with Crippen LogP contribution in [0.25, 0.3) is 11.0 Å². The number of imidazole rings is 1. The molecule has 0 saturated carbocycles. The highest BCUT2D eigenvalue weighted by Gasteiger charge is 2.22. The van der Waals surface area contributed by atoms with Crippen LogP contribution in [0.15, 0.2) is 47.4 Å². The molecule has 8 nitrogen and oxygen atoms in total. The summed E-state index contributed by atoms with van der Waals surface area (Å²) in [5.41, 5.74) is 2.87. The predicted molar refractivity (Wildman–Crippen MR) is 127 cm³/mol. The van der Waals surface area contributed by atoms with Crippen LogP contribution in [0, 0.1) is 0 Å². The second-order valence-corrected chi connectivity index (χ2v) is 10.3. The third-order valence-electron chi connectivity index (χ3n) is 6.05. The van der Waals surface area contributed by atoms with Crippen molar-refractivity contribution in [2.24, 2.45) is 0 Å². The van der Waals surface area contributed by atoms with Gasteiger partial charge in [0.05, 0.1) is 29.6 Å². The molecular weight excluding hydrogens is 426 g/mol. The maximum absolute atomic E-state index is 12.5. The first-order valence-corrected chi connectivity index (χ1v) is 12.3. The van der Waals surface area contributed by atoms with E-state index in [1.54, 1.807) is 33.3 Å². The number of aromatic nitrogens is 2. The lowest BCUT2D eigenvalue weighted by atomic mass is 10.2. The third-order valence-corrected chi connectivity index (χ3v) is 7.86. The molecule has 0 spiro atoms. The molecule has 1 saturated heterocycles. The van der Waals surface area contributed by atoms with Gasteiger partial charge in [0.15, 0.2) is 0 Å². The van der Waals surface area contributed by atoms with Crippen molar-refractivity contribution in [3.63, 3.8) is 0 Å². The number of aryl methyl sites for hydroxylation is 1. The van der Waals surface area contributed by atoms with E-state index in [1.807, 2.05) is 18.2 Å². The number of benzene rings is 2. The normalized spacial score (nSPS) is 15.6. The Bertz CT molecular complexity index is 1200. The summed E-state index contributed by atoms with van der Waals surface area (Å²) in [6.07, 6.45) is 0. The molecule has 0 amide bonds. The van der Waals surface area contributed by atoms with Crippen molar-refractivity contribution in [1.82, 2.24) is 18.8 Å². The van der Waals surface area contributed by atoms with E-state index in [0.29, 0.717) is 0 Å². The lowest BCUT2D eigenvalue weighted by molar-refractivity contribution is 0.241. The summed E-state index contributed by atoms with van der Waals surface area (Å²) in [4.78, 5) is 9.87. The van der Waals surface area contributed by atoms with Crippen molar-refractivity contribution in [1.29, 1.82) is 0 Å². The SMILES string of the molecule is CCn1c(CN2CCN(c3cccc(OC)c3)CC2)nc2cc(S(=O)(=O)N(C)C)ccc21. The second-order valence-electron chi connectivity index (χ2n) is 8.17. The van der Waals surface area contributed by atoms with Crippen LogP contribution >= 0.6 is 0 Å². The predicted octanol–water partition coefficient (Wildman–Crippen LogP) is 2.64. The summed E-state index contributed by atoms with van der Waals surface area (Å²) in [7, 11) is 1.29. The van der Waals surface area contributed by atoms with Gasteiger partial charge in [-0.2, -0.15) is 0 Å². The van der Waals surface area contributed by atoms with Gasteiger partial charge in [-0.3, -0.25) is 4.90 Å². The number of fused-ring (bicyclic) bond motifs is 1. The van der Waals surface area contributed by atoms with Crippen LogP contribution < -0.4 is 9.64 Å². The molecule has 4 rings (SSSR count). The summed E-state index contributed by atoms with van der Waals surface area (Å²) < 4.78 is 33.8. The van der Waals surface area contributed by atoms with Gasteiger partial charge in [-0.05, 0) is 37.3 Å². The van der Waals surface area contributed by atoms with Crippen LogP contribution in [0.1, 0.15) is 12.7 Å². The molecule has 2 aromatic carbocycles. The number of sulfonamides is 1. The average Bonchev–Trinajstić information content (AvgIpc) is 3.15. The fourth-order valence-corrected chi connectivity index (χ4v) is 5.10. The van der Waals surface area contributed by atoms with Crippen LogP contribution in [0.2, 0.25) is 0 Å². The number of piperazine rings is 1. The number of hydrogen-bond acceptors (Lipinski definition) is 6. The van der Waals surface area contributed by atoms with Gasteiger partial charge in [0.25, 0.3) is 0 Å². The summed E-state index contributed by atoms with van der Waals surface area (Å²) in [6, 6.07) is 13.4. The van der Waals surface area contributed by atoms with Gasteiger partial charge < -0.3 is 14.2 Å². The second kappa shape index (κ2) is 9.09. The molecule has 0 aliphatic carbocycles. The Hall–Kier alpha value is -2.62. The van der Waals surface area contributed by atoms with Gasteiger partial charge in [-0.25, -0.2) is 17.7 Å². The number of hydrogen-bond donors (Lipinski definition) is 0. The van der Waals surface area contributed by atoms with Gasteiger partial charge in [-0.15, -0.1) is 0 Å². The molecule has 0 N–H and O–H groups in total. The Morgan fingerprint density at radius 3 is 2.47 bits per heavy atom. The van der Waals surface area contributed by atoms with Crippen LogP contribution in [-0.2, 0) is 23.1 Å². The fraction of sp³-hybridized carbons (Fsp3) is 0.435. The molecule has 9 heteroatoms. The molecule has 0 atom stereocenters. The first kappa shape index (κ1) is 22.6. The minimum Gasteiger partial charge on any atom is -0.497 e. The lowest BCUT2D eigenvalue weighted by Gasteiger charge is -2.36. The molecule has 1 aromatic heterocycles. The highest BCUT2D eigenvalue weighted by atomic mass is 32.2. The molecule has 1 fully saturated rings. The first-order valence-electron chi connectivity index (χ1n) is 10.9. The van der Waals surface area contributed by atoms with Crippen LogP contribution in [-0.4, -0.2) is 74.6 Å². The average molecular weight is 458 g/mol. The Balaban J connectivity index is 1.50. The molecule has 0 bridgehead atoms. The van der Waals surface area contributed by atoms with Crippen molar-refractivity contribution in [3.05, 3.63) is 48.3 Å². The van der Waals surface area contributed by atoms with E-state index in [4.69, 9.17) is 9.72 Å². The first-order chi connectivity index (χ1) is 15.3. The van der Waals surface area contributed by atoms with E-state index in [-0.39, 0.29) is 4.90 Å². The van der Waals surface area contributed by atoms with Crippen molar-refractivity contribution in [2.45, 2.75) is 24.9 Å². The molecule has 1 aliphatic rings. The largest absolute Gasteiger partial charge is 0.497 e. The maximum atomic E-state index is 12.5. The minimum atomic E-state index is -3.48. The van der Waals surface area contributed by atoms with Crippen molar-refractivity contribution < 1.29 is 13.2 Å². The fourth-order valence-electron chi connectivity index (χ4n) is 4.18. The zero-order valence-corrected chi connectivity index (χ0v) is 20.0. The lowest BCUT2D eigenvalue weighted by Crippen LogP contribution is -2.46. The summed E-state index contributed by atoms with van der Waals surface area (Å²) in [5, 5.41) is 0. The topological polar surface area (TPSA) is 70.9 Å². The van der Waals surface area contributed by atoms with Crippen LogP contribution in [0.3, 0.4) is 0 Å². The number of anilines is 1. The zero-order valence-electron chi connectivity index (χ0n) is 19.2. The molecule has 172 valence electrons. The van der Waals surface area contributed by atoms with Gasteiger partial charge in [0.1, 0.15) is 11.6 Å². The third kappa shape index (κ3) is 4.32. The summed E-state index contributed by atoms with van der Waals surface area (Å²) >= 11 is 0. The van der Waals surface area contributed by atoms with E-state index in [0.717, 1.165) is 61.9 Å². The molecular formula is C23H31N5O3S. The number of methoxy groups -OCH3 is 1. The Morgan fingerprint density at radius 2 is 1.81 bits per heavy atom. The Labute approximate surface area is 190 Å². The van der Waals surface area contributed by atoms with Gasteiger partial charge in [0, 0.05) is 58.6 Å². The molecule has 2 heterocycles. The van der Waals surface area contributed by atoms with E-state index in [9.17, 15) is 8.42 Å². The number of rotatable bonds is 7. The monoisotopic (exact) mass is 457 g/mol. The van der Waals surface area contributed by atoms with Gasteiger partial charge in [-0.1, -0.05) is 6.07 Å². The summed E-state index contributed by atoms with van der Waals surface area (Å²) in [6.45, 7) is 7.36. The molecule has 32 heavy (non-hydrogen) atoms. The van der Waals surface area contributed by atoms with Gasteiger partial charge in [0.2, 0.25) is 10.0 Å². The quantitative estimate of drug-likeness (QED) is 0.543. The number of ether oxygens (including phenoxy) is 1. The van der Waals surface area contributed by atoms with E-state index >= 15 is 0 Å². The smallest absolute Gasteiger partial charge is 0.242 e. The highest BCUT2D eigenvalue weighted by Crippen LogP contribution is 2.25. The zero-order chi connectivity index (χ0) is 22.9. The van der Waals surface area contributed by atoms with Gasteiger partial charge >= 0.3 is 0 Å². The van der Waals surface area contributed by atoms with Crippen molar-refractivity contribution in [3.8, 4) is 5.75 Å². The molecule has 1 aliphatic heterocycles. The molecule has 3 aromatic rings. The standard InChI is InChI=1S/C23H31N5O3S/c1-5-28-22-10-9-20(32(29,30)25(2)3)16-21(22)24-23(28)17-26-11-13-27(14-12-26)18-7-6-8-19(15-18)31-4/h6-10,15-16H,5,11-14,17H2,1-4H3. The van der Waals surface area contributed by atoms with E-state index in [1.165, 1.54) is 9.99 Å². The minimum absolute atomic E-state index is 0.272. The highest BCUT2D eigenvalue weighted by molar-refractivity contribution is 7.89. The van der Waals surface area contributed by atoms with E-state index < -0.39 is 10.0 Å². The number of nitrogens with zero attached hydrogens (tertiary/aromatic N) is 5. The Kier molecular flexibility index (Phi) is 6.41. The molecule has 0 unspecified atom stereocenters. The molecule has 0 radical (unpaired) electrons. The maximum Gasteiger partial charge on any atom is 0.242 e. The van der Waals surface area contributed by atoms with Crippen molar-refractivity contribution in [2.75, 3.05) is 52.3 Å². The van der Waals surface area contributed by atoms with Crippen molar-refractivity contribution >= 4 is 26.7 Å². The van der Waals surface area contributed by atoms with Crippen LogP contribution in [0.4, 0.5) is 5.69 Å². The van der Waals surface area contributed by atoms with E-state index in [2.05, 4.69) is 33.4 Å².